The number of pyridine rings is 1. The van der Waals surface area contributed by atoms with Crippen molar-refractivity contribution in [1.29, 1.82) is 0 Å². The predicted octanol–water partition coefficient (Wildman–Crippen LogP) is 2.17. The first-order valence-electron chi connectivity index (χ1n) is 10.6. The van der Waals surface area contributed by atoms with Gasteiger partial charge in [-0.15, -0.1) is 0 Å². The van der Waals surface area contributed by atoms with Crippen LogP contribution in [-0.4, -0.2) is 69.2 Å². The Morgan fingerprint density at radius 1 is 1.31 bits per heavy atom. The highest BCUT2D eigenvalue weighted by Gasteiger charge is 2.57. The number of aromatic nitrogens is 1. The van der Waals surface area contributed by atoms with Gasteiger partial charge in [0.25, 0.3) is 0 Å². The molecule has 2 saturated heterocycles. The fourth-order valence-corrected chi connectivity index (χ4v) is 5.18. The molecule has 0 saturated carbocycles. The lowest BCUT2D eigenvalue weighted by molar-refractivity contribution is -0.151. The first-order valence-corrected chi connectivity index (χ1v) is 10.6. The fraction of sp³-hybridized carbons (Fsp3) is 0.682. The largest absolute Gasteiger partial charge is 0.480 e. The molecule has 2 aliphatic heterocycles. The molecule has 2 fully saturated rings. The third kappa shape index (κ3) is 4.16. The normalized spacial score (nSPS) is 28.8. The number of rotatable bonds is 6. The summed E-state index contributed by atoms with van der Waals surface area (Å²) >= 11 is 0. The van der Waals surface area contributed by atoms with E-state index in [1.807, 2.05) is 42.8 Å². The van der Waals surface area contributed by atoms with Crippen LogP contribution >= 0.6 is 0 Å². The zero-order valence-corrected chi connectivity index (χ0v) is 17.6. The minimum Gasteiger partial charge on any atom is -0.480 e. The summed E-state index contributed by atoms with van der Waals surface area (Å²) in [6.45, 7) is 5.43. The average Bonchev–Trinajstić information content (AvgIpc) is 3.01. The van der Waals surface area contributed by atoms with Gasteiger partial charge in [-0.2, -0.15) is 0 Å². The lowest BCUT2D eigenvalue weighted by Crippen LogP contribution is -2.50. The zero-order valence-electron chi connectivity index (χ0n) is 17.6. The average molecular weight is 404 g/mol. The molecule has 2 aliphatic rings. The van der Waals surface area contributed by atoms with Crippen LogP contribution < -0.4 is 0 Å². The number of aliphatic carboxylic acids is 1. The standard InChI is InChI=1S/C22H33N3O4/c1-15(2)11-22(21(28)29)12-18(19(24(22)3)17-5-4-8-23-13-17)20(27)25-9-6-16(14-26)7-10-25/h4-5,8,13,15-16,18-19,26H,6-7,9-12,14H2,1-3H3,(H,28,29)/t18-,19-,22-/m0/s1. The van der Waals surface area contributed by atoms with E-state index in [0.717, 1.165) is 18.4 Å². The maximum Gasteiger partial charge on any atom is 0.324 e. The molecule has 3 heterocycles. The molecular formula is C22H33N3O4. The summed E-state index contributed by atoms with van der Waals surface area (Å²) in [5.41, 5.74) is -0.191. The van der Waals surface area contributed by atoms with Crippen molar-refractivity contribution in [2.24, 2.45) is 17.8 Å². The van der Waals surface area contributed by atoms with E-state index in [1.165, 1.54) is 0 Å². The van der Waals surface area contributed by atoms with Gasteiger partial charge in [0.15, 0.2) is 0 Å². The number of likely N-dealkylation sites (N-methyl/N-ethyl adjacent to an activating group) is 1. The van der Waals surface area contributed by atoms with Gasteiger partial charge in [-0.1, -0.05) is 19.9 Å². The number of hydrogen-bond acceptors (Lipinski definition) is 5. The predicted molar refractivity (Wildman–Crippen MR) is 109 cm³/mol. The van der Waals surface area contributed by atoms with E-state index in [4.69, 9.17) is 0 Å². The zero-order chi connectivity index (χ0) is 21.2. The van der Waals surface area contributed by atoms with Gasteiger partial charge in [0, 0.05) is 38.1 Å². The second-order valence-electron chi connectivity index (χ2n) is 9.04. The molecule has 0 aliphatic carbocycles. The monoisotopic (exact) mass is 403 g/mol. The number of aliphatic hydroxyl groups excluding tert-OH is 1. The number of carbonyl (C=O) groups excluding carboxylic acids is 1. The maximum absolute atomic E-state index is 13.5. The molecule has 160 valence electrons. The number of likely N-dealkylation sites (tertiary alicyclic amines) is 2. The van der Waals surface area contributed by atoms with Crippen LogP contribution in [0.1, 0.15) is 51.1 Å². The van der Waals surface area contributed by atoms with Gasteiger partial charge in [0.2, 0.25) is 5.91 Å². The highest BCUT2D eigenvalue weighted by Crippen LogP contribution is 2.49. The second kappa shape index (κ2) is 8.79. The minimum atomic E-state index is -1.07. The van der Waals surface area contributed by atoms with Crippen LogP contribution in [0.3, 0.4) is 0 Å². The molecule has 0 unspecified atom stereocenters. The van der Waals surface area contributed by atoms with E-state index in [9.17, 15) is 19.8 Å². The van der Waals surface area contributed by atoms with Gasteiger partial charge in [0.05, 0.1) is 5.92 Å². The smallest absolute Gasteiger partial charge is 0.324 e. The van der Waals surface area contributed by atoms with E-state index in [1.54, 1.807) is 12.4 Å². The van der Waals surface area contributed by atoms with E-state index in [-0.39, 0.29) is 30.4 Å². The third-order valence-electron chi connectivity index (χ3n) is 6.70. The molecule has 1 aromatic heterocycles. The second-order valence-corrected chi connectivity index (χ2v) is 9.04. The summed E-state index contributed by atoms with van der Waals surface area (Å²) in [7, 11) is 1.83. The van der Waals surface area contributed by atoms with E-state index >= 15 is 0 Å². The van der Waals surface area contributed by atoms with Gasteiger partial charge in [-0.25, -0.2) is 0 Å². The minimum absolute atomic E-state index is 0.0222. The number of carboxylic acid groups (broad SMARTS) is 1. The van der Waals surface area contributed by atoms with Gasteiger partial charge in [-0.3, -0.25) is 19.5 Å². The van der Waals surface area contributed by atoms with E-state index in [2.05, 4.69) is 4.98 Å². The lowest BCUT2D eigenvalue weighted by atomic mass is 9.83. The molecule has 1 aromatic rings. The van der Waals surface area contributed by atoms with Gasteiger partial charge < -0.3 is 15.1 Å². The summed E-state index contributed by atoms with van der Waals surface area (Å²) in [6, 6.07) is 3.45. The summed E-state index contributed by atoms with van der Waals surface area (Å²) in [6.07, 6.45) is 5.80. The fourth-order valence-electron chi connectivity index (χ4n) is 5.18. The molecular weight excluding hydrogens is 370 g/mol. The molecule has 3 atom stereocenters. The number of nitrogens with zero attached hydrogens (tertiary/aromatic N) is 3. The maximum atomic E-state index is 13.5. The molecule has 2 N–H and O–H groups in total. The SMILES string of the molecule is CC(C)C[C@@]1(C(=O)O)C[C@H](C(=O)N2CCC(CO)CC2)[C@H](c2cccnc2)N1C. The topological polar surface area (TPSA) is 94.0 Å². The van der Waals surface area contributed by atoms with Crippen LogP contribution in [0.15, 0.2) is 24.5 Å². The van der Waals surface area contributed by atoms with Gasteiger partial charge >= 0.3 is 5.97 Å². The Kier molecular flexibility index (Phi) is 6.58. The van der Waals surface area contributed by atoms with Crippen LogP contribution in [-0.2, 0) is 9.59 Å². The number of amides is 1. The molecule has 3 rings (SSSR count). The summed E-state index contributed by atoms with van der Waals surface area (Å²) in [5.74, 6) is -0.827. The summed E-state index contributed by atoms with van der Waals surface area (Å²) < 4.78 is 0. The van der Waals surface area contributed by atoms with E-state index in [0.29, 0.717) is 25.9 Å². The van der Waals surface area contributed by atoms with Crippen molar-refractivity contribution < 1.29 is 19.8 Å². The highest BCUT2D eigenvalue weighted by molar-refractivity contribution is 5.85. The first kappa shape index (κ1) is 21.7. The Balaban J connectivity index is 1.94. The van der Waals surface area contributed by atoms with Gasteiger partial charge in [-0.05, 0) is 56.2 Å². The van der Waals surface area contributed by atoms with Crippen molar-refractivity contribution in [1.82, 2.24) is 14.8 Å². The highest BCUT2D eigenvalue weighted by atomic mass is 16.4. The molecule has 0 radical (unpaired) electrons. The quantitative estimate of drug-likeness (QED) is 0.756. The number of aliphatic hydroxyl groups is 1. The number of piperidine rings is 1. The molecule has 0 spiro atoms. The lowest BCUT2D eigenvalue weighted by Gasteiger charge is -2.36. The summed E-state index contributed by atoms with van der Waals surface area (Å²) in [5, 5.41) is 19.6. The molecule has 0 aromatic carbocycles. The van der Waals surface area contributed by atoms with E-state index < -0.39 is 17.4 Å². The Labute approximate surface area is 172 Å². The Morgan fingerprint density at radius 3 is 2.52 bits per heavy atom. The number of carbonyl (C=O) groups is 2. The van der Waals surface area contributed by atoms with Crippen molar-refractivity contribution in [3.63, 3.8) is 0 Å². The van der Waals surface area contributed by atoms with Crippen LogP contribution in [0.4, 0.5) is 0 Å². The van der Waals surface area contributed by atoms with Crippen LogP contribution in [0.5, 0.6) is 0 Å². The molecule has 7 nitrogen and oxygen atoms in total. The third-order valence-corrected chi connectivity index (χ3v) is 6.70. The Hall–Kier alpha value is -1.99. The molecule has 1 amide bonds. The van der Waals surface area contributed by atoms with Crippen LogP contribution in [0, 0.1) is 17.8 Å². The molecule has 7 heteroatoms. The molecule has 29 heavy (non-hydrogen) atoms. The van der Waals surface area contributed by atoms with Crippen molar-refractivity contribution in [3.05, 3.63) is 30.1 Å². The number of carboxylic acids is 1. The van der Waals surface area contributed by atoms with Crippen molar-refractivity contribution >= 4 is 11.9 Å². The van der Waals surface area contributed by atoms with Crippen molar-refractivity contribution in [2.75, 3.05) is 26.7 Å². The summed E-state index contributed by atoms with van der Waals surface area (Å²) in [4.78, 5) is 34.0. The Bertz CT molecular complexity index is 718. The Morgan fingerprint density at radius 2 is 2.00 bits per heavy atom. The van der Waals surface area contributed by atoms with Crippen LogP contribution in [0.2, 0.25) is 0 Å². The van der Waals surface area contributed by atoms with Crippen LogP contribution in [0.25, 0.3) is 0 Å². The van der Waals surface area contributed by atoms with Crippen molar-refractivity contribution in [2.45, 2.75) is 51.1 Å². The first-order chi connectivity index (χ1) is 13.8. The van der Waals surface area contributed by atoms with Crippen molar-refractivity contribution in [3.8, 4) is 0 Å². The number of hydrogen-bond donors (Lipinski definition) is 2. The molecule has 0 bridgehead atoms. The van der Waals surface area contributed by atoms with Gasteiger partial charge in [0.1, 0.15) is 5.54 Å².